The number of rotatable bonds is 5. The van der Waals surface area contributed by atoms with Crippen molar-refractivity contribution in [1.82, 2.24) is 0 Å². The second kappa shape index (κ2) is 13.9. The lowest BCUT2D eigenvalue weighted by Crippen LogP contribution is -1.92. The van der Waals surface area contributed by atoms with Gasteiger partial charge in [0.25, 0.3) is 0 Å². The predicted molar refractivity (Wildman–Crippen MR) is 259 cm³/mol. The standard InChI is InChI=1S/C60H38/c1-2-16-45-38-58-47(36-40(45)15-1)32-33-52-51(58)30-13-31-53(52)60-56-27-7-5-25-54(56)59(55-26-6-8-28-57(55)60)48-23-11-21-44(37-48)42-19-9-18-41(34-42)43-20-10-22-46(35-43)50-29-12-17-39-14-3-4-24-49(39)50/h1-38H. The average Bonchev–Trinajstić information content (AvgIpc) is 3.32. The zero-order valence-electron chi connectivity index (χ0n) is 32.9. The van der Waals surface area contributed by atoms with Crippen LogP contribution in [0.5, 0.6) is 0 Å². The molecular formula is C60H38. The molecule has 12 aromatic carbocycles. The van der Waals surface area contributed by atoms with Gasteiger partial charge in [0.15, 0.2) is 0 Å². The van der Waals surface area contributed by atoms with Crippen LogP contribution in [0.25, 0.3) is 120 Å². The summed E-state index contributed by atoms with van der Waals surface area (Å²) < 4.78 is 0. The molecule has 0 bridgehead atoms. The van der Waals surface area contributed by atoms with Gasteiger partial charge in [-0.3, -0.25) is 0 Å². The quantitative estimate of drug-likeness (QED) is 0.121. The van der Waals surface area contributed by atoms with E-state index in [0.29, 0.717) is 0 Å². The summed E-state index contributed by atoms with van der Waals surface area (Å²) in [6, 6.07) is 85.1. The Morgan fingerprint density at radius 2 is 0.600 bits per heavy atom. The summed E-state index contributed by atoms with van der Waals surface area (Å²) in [5, 5.41) is 15.2. The lowest BCUT2D eigenvalue weighted by atomic mass is 9.84. The van der Waals surface area contributed by atoms with Gasteiger partial charge in [-0.05, 0) is 151 Å². The normalized spacial score (nSPS) is 11.7. The van der Waals surface area contributed by atoms with E-state index in [9.17, 15) is 0 Å². The van der Waals surface area contributed by atoms with E-state index >= 15 is 0 Å². The molecule has 0 aromatic heterocycles. The number of hydrogen-bond acceptors (Lipinski definition) is 0. The number of fused-ring (bicyclic) bond motifs is 7. The van der Waals surface area contributed by atoms with E-state index < -0.39 is 0 Å². The molecule has 12 aromatic rings. The minimum absolute atomic E-state index is 1.20. The van der Waals surface area contributed by atoms with Gasteiger partial charge in [-0.1, -0.05) is 200 Å². The Labute approximate surface area is 349 Å². The Bertz CT molecular complexity index is 3600. The van der Waals surface area contributed by atoms with E-state index in [1.165, 1.54) is 120 Å². The molecule has 12 rings (SSSR count). The van der Waals surface area contributed by atoms with Crippen LogP contribution < -0.4 is 0 Å². The molecule has 0 saturated heterocycles. The first-order chi connectivity index (χ1) is 29.7. The van der Waals surface area contributed by atoms with Crippen molar-refractivity contribution in [3.05, 3.63) is 231 Å². The van der Waals surface area contributed by atoms with Crippen molar-refractivity contribution < 1.29 is 0 Å². The van der Waals surface area contributed by atoms with Gasteiger partial charge in [-0.15, -0.1) is 0 Å². The van der Waals surface area contributed by atoms with Gasteiger partial charge in [-0.2, -0.15) is 0 Å². The molecule has 0 fully saturated rings. The summed E-state index contributed by atoms with van der Waals surface area (Å²) in [5.41, 5.74) is 12.3. The van der Waals surface area contributed by atoms with Crippen LogP contribution in [0, 0.1) is 0 Å². The van der Waals surface area contributed by atoms with E-state index in [2.05, 4.69) is 231 Å². The van der Waals surface area contributed by atoms with Crippen molar-refractivity contribution >= 4 is 64.6 Å². The van der Waals surface area contributed by atoms with Gasteiger partial charge in [0.2, 0.25) is 0 Å². The SMILES string of the molecule is c1cc(-c2cccc(-c3cccc4ccccc34)c2)cc(-c2cccc(-c3c4ccccc4c(-c4cccc5c4ccc4cc6ccccc6cc45)c4ccccc34)c2)c1. The van der Waals surface area contributed by atoms with E-state index in [4.69, 9.17) is 0 Å². The monoisotopic (exact) mass is 758 g/mol. The third-order valence-electron chi connectivity index (χ3n) is 12.6. The van der Waals surface area contributed by atoms with Crippen LogP contribution in [-0.2, 0) is 0 Å². The zero-order chi connectivity index (χ0) is 39.6. The van der Waals surface area contributed by atoms with Crippen molar-refractivity contribution in [2.24, 2.45) is 0 Å². The van der Waals surface area contributed by atoms with Crippen LogP contribution >= 0.6 is 0 Å². The van der Waals surface area contributed by atoms with Crippen molar-refractivity contribution in [1.29, 1.82) is 0 Å². The molecular weight excluding hydrogens is 721 g/mol. The third kappa shape index (κ3) is 5.61. The molecule has 0 atom stereocenters. The lowest BCUT2D eigenvalue weighted by Gasteiger charge is -2.19. The number of benzene rings is 12. The molecule has 0 heteroatoms. The summed E-state index contributed by atoms with van der Waals surface area (Å²) >= 11 is 0. The van der Waals surface area contributed by atoms with Crippen LogP contribution in [0.4, 0.5) is 0 Å². The smallest absolute Gasteiger partial charge is 0.00201 e. The van der Waals surface area contributed by atoms with Crippen LogP contribution in [0.15, 0.2) is 231 Å². The van der Waals surface area contributed by atoms with E-state index in [1.807, 2.05) is 0 Å². The Kier molecular flexibility index (Phi) is 7.96. The molecule has 278 valence electrons. The predicted octanol–water partition coefficient (Wildman–Crippen LogP) is 16.9. The highest BCUT2D eigenvalue weighted by Gasteiger charge is 2.19. The van der Waals surface area contributed by atoms with Crippen molar-refractivity contribution in [2.45, 2.75) is 0 Å². The zero-order valence-corrected chi connectivity index (χ0v) is 32.9. The van der Waals surface area contributed by atoms with Crippen LogP contribution in [0.2, 0.25) is 0 Å². The summed E-state index contributed by atoms with van der Waals surface area (Å²) in [7, 11) is 0. The maximum absolute atomic E-state index is 2.38. The van der Waals surface area contributed by atoms with E-state index in [0.717, 1.165) is 0 Å². The van der Waals surface area contributed by atoms with Crippen LogP contribution in [0.1, 0.15) is 0 Å². The maximum atomic E-state index is 2.38. The van der Waals surface area contributed by atoms with Crippen LogP contribution in [-0.4, -0.2) is 0 Å². The van der Waals surface area contributed by atoms with E-state index in [1.54, 1.807) is 0 Å². The van der Waals surface area contributed by atoms with Gasteiger partial charge in [-0.25, -0.2) is 0 Å². The summed E-state index contributed by atoms with van der Waals surface area (Å²) in [6.45, 7) is 0. The fourth-order valence-corrected chi connectivity index (χ4v) is 9.81. The Morgan fingerprint density at radius 3 is 1.27 bits per heavy atom. The molecule has 0 aliphatic heterocycles. The first-order valence-corrected chi connectivity index (χ1v) is 20.8. The van der Waals surface area contributed by atoms with Gasteiger partial charge < -0.3 is 0 Å². The van der Waals surface area contributed by atoms with Crippen molar-refractivity contribution in [2.75, 3.05) is 0 Å². The Morgan fingerprint density at radius 1 is 0.167 bits per heavy atom. The highest BCUT2D eigenvalue weighted by Crippen LogP contribution is 2.46. The topological polar surface area (TPSA) is 0 Å². The van der Waals surface area contributed by atoms with Crippen molar-refractivity contribution in [3.63, 3.8) is 0 Å². The maximum Gasteiger partial charge on any atom is -0.00201 e. The van der Waals surface area contributed by atoms with Gasteiger partial charge >= 0.3 is 0 Å². The molecule has 0 unspecified atom stereocenters. The molecule has 0 spiro atoms. The highest BCUT2D eigenvalue weighted by molar-refractivity contribution is 6.25. The lowest BCUT2D eigenvalue weighted by molar-refractivity contribution is 1.58. The highest BCUT2D eigenvalue weighted by atomic mass is 14.2. The number of hydrogen-bond donors (Lipinski definition) is 0. The third-order valence-corrected chi connectivity index (χ3v) is 12.6. The molecule has 0 heterocycles. The fraction of sp³-hybridized carbons (Fsp3) is 0. The van der Waals surface area contributed by atoms with Crippen LogP contribution in [0.3, 0.4) is 0 Å². The Balaban J connectivity index is 0.995. The second-order valence-corrected chi connectivity index (χ2v) is 16.0. The largest absolute Gasteiger partial charge is 0.0616 e. The summed E-state index contributed by atoms with van der Waals surface area (Å²) in [4.78, 5) is 0. The Hall–Kier alpha value is -7.80. The molecule has 0 N–H and O–H groups in total. The fourth-order valence-electron chi connectivity index (χ4n) is 9.81. The molecule has 0 aliphatic carbocycles. The van der Waals surface area contributed by atoms with Crippen molar-refractivity contribution in [3.8, 4) is 55.6 Å². The van der Waals surface area contributed by atoms with Gasteiger partial charge in [0.1, 0.15) is 0 Å². The molecule has 0 amide bonds. The minimum atomic E-state index is 1.20. The molecule has 0 aliphatic rings. The second-order valence-electron chi connectivity index (χ2n) is 16.0. The van der Waals surface area contributed by atoms with Gasteiger partial charge in [0, 0.05) is 0 Å². The first kappa shape index (κ1) is 34.3. The van der Waals surface area contributed by atoms with Gasteiger partial charge in [0.05, 0.1) is 0 Å². The summed E-state index contributed by atoms with van der Waals surface area (Å²) in [6.07, 6.45) is 0. The summed E-state index contributed by atoms with van der Waals surface area (Å²) in [5.74, 6) is 0. The molecule has 0 radical (unpaired) electrons. The molecule has 60 heavy (non-hydrogen) atoms. The molecule has 0 saturated carbocycles. The average molecular weight is 759 g/mol. The van der Waals surface area contributed by atoms with E-state index in [-0.39, 0.29) is 0 Å². The minimum Gasteiger partial charge on any atom is -0.0616 e. The first-order valence-electron chi connectivity index (χ1n) is 20.8. The molecule has 0 nitrogen and oxygen atoms in total.